The van der Waals surface area contributed by atoms with Crippen LogP contribution in [0.25, 0.3) is 0 Å². The van der Waals surface area contributed by atoms with Crippen LogP contribution in [0.5, 0.6) is 5.75 Å². The van der Waals surface area contributed by atoms with Gasteiger partial charge in [0.2, 0.25) is 5.91 Å². The van der Waals surface area contributed by atoms with Gasteiger partial charge in [-0.3, -0.25) is 9.59 Å². The molecule has 2 aromatic carbocycles. The summed E-state index contributed by atoms with van der Waals surface area (Å²) >= 11 is 5.98. The molecular formula is C20H22ClN3O3. The second-order valence-electron chi connectivity index (χ2n) is 6.30. The van der Waals surface area contributed by atoms with E-state index in [1.54, 1.807) is 13.1 Å². The molecular weight excluding hydrogens is 366 g/mol. The lowest BCUT2D eigenvalue weighted by Gasteiger charge is -2.35. The number of hydrogen-bond donors (Lipinski definition) is 2. The van der Waals surface area contributed by atoms with Gasteiger partial charge in [-0.25, -0.2) is 0 Å². The predicted molar refractivity (Wildman–Crippen MR) is 105 cm³/mol. The van der Waals surface area contributed by atoms with E-state index in [4.69, 9.17) is 16.3 Å². The molecule has 0 radical (unpaired) electrons. The van der Waals surface area contributed by atoms with Gasteiger partial charge in [0.1, 0.15) is 5.75 Å². The highest BCUT2D eigenvalue weighted by Crippen LogP contribution is 2.32. The SMILES string of the molecule is CNC(=O)[C@H]1CN(CC(=O)NCCc2cccc(Cl)c2)c2ccccc2O1. The normalized spacial score (nSPS) is 15.5. The summed E-state index contributed by atoms with van der Waals surface area (Å²) in [6.07, 6.45) is 0.0523. The van der Waals surface area contributed by atoms with E-state index in [2.05, 4.69) is 10.6 Å². The summed E-state index contributed by atoms with van der Waals surface area (Å²) in [4.78, 5) is 26.3. The maximum atomic E-state index is 12.4. The third kappa shape index (κ3) is 4.92. The molecule has 142 valence electrons. The first-order valence-corrected chi connectivity index (χ1v) is 9.18. The van der Waals surface area contributed by atoms with Gasteiger partial charge in [-0.15, -0.1) is 0 Å². The number of carbonyl (C=O) groups is 2. The van der Waals surface area contributed by atoms with E-state index >= 15 is 0 Å². The van der Waals surface area contributed by atoms with E-state index in [0.29, 0.717) is 30.3 Å². The Morgan fingerprint density at radius 3 is 2.81 bits per heavy atom. The van der Waals surface area contributed by atoms with Crippen LogP contribution in [0.15, 0.2) is 48.5 Å². The molecule has 1 heterocycles. The Kier molecular flexibility index (Phi) is 6.19. The van der Waals surface area contributed by atoms with Crippen molar-refractivity contribution in [2.24, 2.45) is 0 Å². The fourth-order valence-corrected chi connectivity index (χ4v) is 3.24. The lowest BCUT2D eigenvalue weighted by Crippen LogP contribution is -2.50. The third-order valence-corrected chi connectivity index (χ3v) is 4.59. The van der Waals surface area contributed by atoms with Crippen LogP contribution in [0.4, 0.5) is 5.69 Å². The number of likely N-dealkylation sites (N-methyl/N-ethyl adjacent to an activating group) is 1. The summed E-state index contributed by atoms with van der Waals surface area (Å²) in [6.45, 7) is 0.992. The van der Waals surface area contributed by atoms with Gasteiger partial charge in [0.05, 0.1) is 18.8 Å². The number of amides is 2. The van der Waals surface area contributed by atoms with E-state index in [9.17, 15) is 9.59 Å². The Labute approximate surface area is 163 Å². The first-order valence-electron chi connectivity index (χ1n) is 8.80. The first-order chi connectivity index (χ1) is 13.1. The molecule has 3 rings (SSSR count). The van der Waals surface area contributed by atoms with Crippen LogP contribution < -0.4 is 20.3 Å². The van der Waals surface area contributed by atoms with Crippen LogP contribution in [-0.4, -0.2) is 44.6 Å². The number of carbonyl (C=O) groups excluding carboxylic acids is 2. The number of para-hydroxylation sites is 2. The van der Waals surface area contributed by atoms with Gasteiger partial charge in [-0.1, -0.05) is 35.9 Å². The number of halogens is 1. The number of nitrogens with zero attached hydrogens (tertiary/aromatic N) is 1. The van der Waals surface area contributed by atoms with Crippen LogP contribution in [0.2, 0.25) is 5.02 Å². The molecule has 0 spiro atoms. The van der Waals surface area contributed by atoms with Crippen LogP contribution >= 0.6 is 11.6 Å². The van der Waals surface area contributed by atoms with Crippen molar-refractivity contribution < 1.29 is 14.3 Å². The average Bonchev–Trinajstić information content (AvgIpc) is 2.67. The molecule has 0 saturated heterocycles. The summed E-state index contributed by atoms with van der Waals surface area (Å²) in [7, 11) is 1.57. The molecule has 0 saturated carbocycles. The molecule has 2 N–H and O–H groups in total. The molecule has 2 aromatic rings. The molecule has 2 amide bonds. The van der Waals surface area contributed by atoms with Crippen molar-refractivity contribution in [1.82, 2.24) is 10.6 Å². The predicted octanol–water partition coefficient (Wildman–Crippen LogP) is 2.01. The molecule has 0 bridgehead atoms. The van der Waals surface area contributed by atoms with Crippen molar-refractivity contribution in [2.75, 3.05) is 31.6 Å². The van der Waals surface area contributed by atoms with Crippen LogP contribution in [0.1, 0.15) is 5.56 Å². The molecule has 0 aliphatic carbocycles. The van der Waals surface area contributed by atoms with Crippen molar-refractivity contribution in [3.63, 3.8) is 0 Å². The minimum Gasteiger partial charge on any atom is -0.477 e. The lowest BCUT2D eigenvalue weighted by atomic mass is 10.1. The quantitative estimate of drug-likeness (QED) is 0.795. The molecule has 7 heteroatoms. The van der Waals surface area contributed by atoms with Gasteiger partial charge in [0.15, 0.2) is 6.10 Å². The minimum absolute atomic E-state index is 0.107. The second kappa shape index (κ2) is 8.77. The molecule has 1 aliphatic rings. The van der Waals surface area contributed by atoms with Crippen LogP contribution in [-0.2, 0) is 16.0 Å². The average molecular weight is 388 g/mol. The first kappa shape index (κ1) is 19.0. The fraction of sp³-hybridized carbons (Fsp3) is 0.300. The zero-order valence-corrected chi connectivity index (χ0v) is 15.8. The number of rotatable bonds is 6. The monoisotopic (exact) mass is 387 g/mol. The third-order valence-electron chi connectivity index (χ3n) is 4.36. The Balaban J connectivity index is 1.59. The van der Waals surface area contributed by atoms with Gasteiger partial charge in [-0.2, -0.15) is 0 Å². The topological polar surface area (TPSA) is 70.7 Å². The van der Waals surface area contributed by atoms with Gasteiger partial charge < -0.3 is 20.3 Å². The van der Waals surface area contributed by atoms with E-state index < -0.39 is 6.10 Å². The van der Waals surface area contributed by atoms with Gasteiger partial charge in [-0.05, 0) is 36.2 Å². The number of ether oxygens (including phenoxy) is 1. The van der Waals surface area contributed by atoms with Crippen molar-refractivity contribution in [2.45, 2.75) is 12.5 Å². The van der Waals surface area contributed by atoms with E-state index in [1.165, 1.54) is 0 Å². The molecule has 27 heavy (non-hydrogen) atoms. The highest BCUT2D eigenvalue weighted by Gasteiger charge is 2.30. The standard InChI is InChI=1S/C20H22ClN3O3/c1-22-20(26)18-12-24(16-7-2-3-8-17(16)27-18)13-19(25)23-10-9-14-5-4-6-15(21)11-14/h2-8,11,18H,9-10,12-13H2,1H3,(H,22,26)(H,23,25)/t18-/m1/s1. The Bertz CT molecular complexity index is 828. The summed E-state index contributed by atoms with van der Waals surface area (Å²) < 4.78 is 5.75. The maximum absolute atomic E-state index is 12.4. The summed E-state index contributed by atoms with van der Waals surface area (Å²) in [5.74, 6) is 0.282. The van der Waals surface area contributed by atoms with Gasteiger partial charge >= 0.3 is 0 Å². The van der Waals surface area contributed by atoms with Gasteiger partial charge in [0, 0.05) is 18.6 Å². The van der Waals surface area contributed by atoms with Gasteiger partial charge in [0.25, 0.3) is 5.91 Å². The zero-order valence-electron chi connectivity index (χ0n) is 15.1. The minimum atomic E-state index is -0.649. The molecule has 1 aliphatic heterocycles. The molecule has 6 nitrogen and oxygen atoms in total. The number of anilines is 1. The van der Waals surface area contributed by atoms with Crippen molar-refractivity contribution in [3.05, 3.63) is 59.1 Å². The zero-order chi connectivity index (χ0) is 19.2. The smallest absolute Gasteiger partial charge is 0.262 e. The summed E-state index contributed by atoms with van der Waals surface area (Å²) in [5.41, 5.74) is 1.88. The number of benzene rings is 2. The maximum Gasteiger partial charge on any atom is 0.262 e. The lowest BCUT2D eigenvalue weighted by molar-refractivity contribution is -0.127. The van der Waals surface area contributed by atoms with E-state index in [-0.39, 0.29) is 18.4 Å². The van der Waals surface area contributed by atoms with Crippen LogP contribution in [0, 0.1) is 0 Å². The van der Waals surface area contributed by atoms with Crippen molar-refractivity contribution in [1.29, 1.82) is 0 Å². The number of fused-ring (bicyclic) bond motifs is 1. The molecule has 0 unspecified atom stereocenters. The van der Waals surface area contributed by atoms with E-state index in [0.717, 1.165) is 11.3 Å². The Morgan fingerprint density at radius 1 is 1.22 bits per heavy atom. The number of hydrogen-bond acceptors (Lipinski definition) is 4. The molecule has 0 aromatic heterocycles. The molecule has 0 fully saturated rings. The van der Waals surface area contributed by atoms with Crippen molar-refractivity contribution in [3.8, 4) is 5.75 Å². The van der Waals surface area contributed by atoms with Crippen LogP contribution in [0.3, 0.4) is 0 Å². The highest BCUT2D eigenvalue weighted by atomic mass is 35.5. The highest BCUT2D eigenvalue weighted by molar-refractivity contribution is 6.30. The second-order valence-corrected chi connectivity index (χ2v) is 6.74. The Hall–Kier alpha value is -2.73. The summed E-state index contributed by atoms with van der Waals surface area (Å²) in [5, 5.41) is 6.20. The van der Waals surface area contributed by atoms with Crippen molar-refractivity contribution >= 4 is 29.1 Å². The Morgan fingerprint density at radius 2 is 2.04 bits per heavy atom. The number of nitrogens with one attached hydrogen (secondary N) is 2. The summed E-state index contributed by atoms with van der Waals surface area (Å²) in [6, 6.07) is 15.0. The largest absolute Gasteiger partial charge is 0.477 e. The fourth-order valence-electron chi connectivity index (χ4n) is 3.02. The van der Waals surface area contributed by atoms with E-state index in [1.807, 2.05) is 47.4 Å². The molecule has 1 atom stereocenters.